The van der Waals surface area contributed by atoms with E-state index in [2.05, 4.69) is 27.0 Å². The number of amides is 2. The fourth-order valence-corrected chi connectivity index (χ4v) is 5.54. The van der Waals surface area contributed by atoms with Gasteiger partial charge in [-0.05, 0) is 29.7 Å². The average Bonchev–Trinajstić information content (AvgIpc) is 3.23. The number of anilines is 1. The quantitative estimate of drug-likeness (QED) is 0.633. The highest BCUT2D eigenvalue weighted by Crippen LogP contribution is 2.33. The van der Waals surface area contributed by atoms with E-state index in [0.717, 1.165) is 40.6 Å². The molecule has 0 saturated carbocycles. The van der Waals surface area contributed by atoms with Gasteiger partial charge in [-0.3, -0.25) is 9.59 Å². The van der Waals surface area contributed by atoms with Gasteiger partial charge < -0.3 is 14.7 Å². The molecule has 7 nitrogen and oxygen atoms in total. The van der Waals surface area contributed by atoms with Crippen molar-refractivity contribution in [2.45, 2.75) is 25.8 Å². The molecule has 0 bridgehead atoms. The van der Waals surface area contributed by atoms with E-state index >= 15 is 0 Å². The van der Waals surface area contributed by atoms with Crippen LogP contribution in [0.2, 0.25) is 0 Å². The van der Waals surface area contributed by atoms with Gasteiger partial charge in [-0.25, -0.2) is 9.97 Å². The van der Waals surface area contributed by atoms with Crippen molar-refractivity contribution in [3.63, 3.8) is 0 Å². The normalized spacial score (nSPS) is 18.9. The van der Waals surface area contributed by atoms with E-state index in [0.29, 0.717) is 26.1 Å². The van der Waals surface area contributed by atoms with Gasteiger partial charge in [-0.2, -0.15) is 0 Å². The highest BCUT2D eigenvalue weighted by Gasteiger charge is 2.33. The lowest BCUT2D eigenvalue weighted by atomic mass is 9.90. The Bertz CT molecular complexity index is 1090. The zero-order chi connectivity index (χ0) is 21.4. The van der Waals surface area contributed by atoms with E-state index in [1.54, 1.807) is 24.5 Å². The lowest BCUT2D eigenvalue weighted by molar-refractivity contribution is -0.136. The Morgan fingerprint density at radius 2 is 1.87 bits per heavy atom. The van der Waals surface area contributed by atoms with Crippen LogP contribution in [-0.2, 0) is 16.0 Å². The van der Waals surface area contributed by atoms with Crippen molar-refractivity contribution >= 4 is 38.6 Å². The Labute approximate surface area is 185 Å². The minimum atomic E-state index is -0.177. The minimum absolute atomic E-state index is 0.0292. The monoisotopic (exact) mass is 435 g/mol. The first kappa shape index (κ1) is 19.9. The van der Waals surface area contributed by atoms with E-state index in [1.165, 1.54) is 5.56 Å². The number of hydrogen-bond donors (Lipinski definition) is 0. The molecule has 1 unspecified atom stereocenters. The van der Waals surface area contributed by atoms with Crippen LogP contribution in [0.4, 0.5) is 5.13 Å². The SMILES string of the molecule is CC(=O)N1CCc2ccccc2C1CC(=O)N1CCN(c2nc3cccnc3s2)CC1. The summed E-state index contributed by atoms with van der Waals surface area (Å²) >= 11 is 1.59. The number of nitrogens with zero attached hydrogens (tertiary/aromatic N) is 5. The molecule has 0 spiro atoms. The maximum atomic E-state index is 13.2. The summed E-state index contributed by atoms with van der Waals surface area (Å²) in [6.45, 7) is 5.10. The fourth-order valence-electron chi connectivity index (χ4n) is 4.58. The van der Waals surface area contributed by atoms with E-state index in [1.807, 2.05) is 34.1 Å². The molecule has 5 rings (SSSR count). The number of aromatic nitrogens is 2. The molecule has 160 valence electrons. The Kier molecular flexibility index (Phi) is 5.31. The third-order valence-electron chi connectivity index (χ3n) is 6.24. The minimum Gasteiger partial charge on any atom is -0.344 e. The number of rotatable bonds is 3. The van der Waals surface area contributed by atoms with Crippen LogP contribution >= 0.6 is 11.3 Å². The van der Waals surface area contributed by atoms with Crippen molar-refractivity contribution in [1.29, 1.82) is 0 Å². The van der Waals surface area contributed by atoms with Crippen LogP contribution in [0.15, 0.2) is 42.6 Å². The lowest BCUT2D eigenvalue weighted by Crippen LogP contribution is -2.50. The zero-order valence-corrected chi connectivity index (χ0v) is 18.3. The molecule has 31 heavy (non-hydrogen) atoms. The molecule has 0 N–H and O–H groups in total. The first-order chi connectivity index (χ1) is 15.1. The van der Waals surface area contributed by atoms with E-state index in [-0.39, 0.29) is 17.9 Å². The molecule has 1 saturated heterocycles. The van der Waals surface area contributed by atoms with E-state index < -0.39 is 0 Å². The van der Waals surface area contributed by atoms with E-state index in [9.17, 15) is 9.59 Å². The molecule has 1 aromatic carbocycles. The van der Waals surface area contributed by atoms with Crippen LogP contribution in [0.3, 0.4) is 0 Å². The van der Waals surface area contributed by atoms with Crippen molar-refractivity contribution in [3.05, 3.63) is 53.7 Å². The highest BCUT2D eigenvalue weighted by atomic mass is 32.1. The van der Waals surface area contributed by atoms with Crippen LogP contribution < -0.4 is 4.90 Å². The molecule has 3 aromatic rings. The molecular weight excluding hydrogens is 410 g/mol. The second-order valence-electron chi connectivity index (χ2n) is 8.07. The topological polar surface area (TPSA) is 69.6 Å². The summed E-state index contributed by atoms with van der Waals surface area (Å²) < 4.78 is 0. The van der Waals surface area contributed by atoms with Crippen molar-refractivity contribution < 1.29 is 9.59 Å². The second kappa shape index (κ2) is 8.26. The van der Waals surface area contributed by atoms with Gasteiger partial charge in [0.05, 0.1) is 12.5 Å². The second-order valence-corrected chi connectivity index (χ2v) is 9.03. The lowest BCUT2D eigenvalue weighted by Gasteiger charge is -2.39. The number of carbonyl (C=O) groups is 2. The fraction of sp³-hybridized carbons (Fsp3) is 0.391. The Balaban J connectivity index is 1.26. The van der Waals surface area contributed by atoms with Crippen molar-refractivity contribution in [2.75, 3.05) is 37.6 Å². The number of pyridine rings is 1. The van der Waals surface area contributed by atoms with Gasteiger partial charge in [-0.1, -0.05) is 35.6 Å². The molecule has 1 fully saturated rings. The maximum Gasteiger partial charge on any atom is 0.225 e. The van der Waals surface area contributed by atoms with Crippen LogP contribution in [0.1, 0.15) is 30.5 Å². The van der Waals surface area contributed by atoms with Crippen LogP contribution in [-0.4, -0.2) is 64.3 Å². The molecule has 1 atom stereocenters. The molecule has 8 heteroatoms. The third-order valence-corrected chi connectivity index (χ3v) is 7.28. The summed E-state index contributed by atoms with van der Waals surface area (Å²) in [7, 11) is 0. The first-order valence-corrected chi connectivity index (χ1v) is 11.5. The number of piperazine rings is 1. The summed E-state index contributed by atoms with van der Waals surface area (Å²) in [4.78, 5) is 41.4. The smallest absolute Gasteiger partial charge is 0.225 e. The highest BCUT2D eigenvalue weighted by molar-refractivity contribution is 7.21. The third kappa shape index (κ3) is 3.87. The van der Waals surface area contributed by atoms with Crippen molar-refractivity contribution in [1.82, 2.24) is 19.8 Å². The molecule has 2 aromatic heterocycles. The molecule has 4 heterocycles. The Morgan fingerprint density at radius 3 is 2.65 bits per heavy atom. The van der Waals surface area contributed by atoms with Crippen molar-refractivity contribution in [3.8, 4) is 0 Å². The van der Waals surface area contributed by atoms with E-state index in [4.69, 9.17) is 0 Å². The zero-order valence-electron chi connectivity index (χ0n) is 17.5. The number of benzene rings is 1. The van der Waals surface area contributed by atoms with Gasteiger partial charge in [0.25, 0.3) is 0 Å². The number of carbonyl (C=O) groups excluding carboxylic acids is 2. The molecule has 2 amide bonds. The van der Waals surface area contributed by atoms with Gasteiger partial charge in [0.2, 0.25) is 11.8 Å². The van der Waals surface area contributed by atoms with Gasteiger partial charge >= 0.3 is 0 Å². The summed E-state index contributed by atoms with van der Waals surface area (Å²) in [6, 6.07) is 11.9. The van der Waals surface area contributed by atoms with Gasteiger partial charge in [0, 0.05) is 45.8 Å². The van der Waals surface area contributed by atoms with Crippen LogP contribution in [0.25, 0.3) is 10.3 Å². The summed E-state index contributed by atoms with van der Waals surface area (Å²) in [5.74, 6) is 0.139. The number of thiazole rings is 1. The molecule has 2 aliphatic rings. The molecular formula is C23H25N5O2S. The summed E-state index contributed by atoms with van der Waals surface area (Å²) in [5, 5.41) is 0.963. The molecule has 0 aliphatic carbocycles. The average molecular weight is 436 g/mol. The number of fused-ring (bicyclic) bond motifs is 2. The van der Waals surface area contributed by atoms with Crippen molar-refractivity contribution in [2.24, 2.45) is 0 Å². The predicted molar refractivity (Wildman–Crippen MR) is 121 cm³/mol. The summed E-state index contributed by atoms with van der Waals surface area (Å²) in [6.07, 6.45) is 2.96. The van der Waals surface area contributed by atoms with Gasteiger partial charge in [-0.15, -0.1) is 0 Å². The largest absolute Gasteiger partial charge is 0.344 e. The number of hydrogen-bond acceptors (Lipinski definition) is 6. The standard InChI is InChI=1S/C23H25N5O2S/c1-16(29)28-10-8-17-5-2-3-6-18(17)20(28)15-21(30)26-11-13-27(14-12-26)23-25-19-7-4-9-24-22(19)31-23/h2-7,9,20H,8,10-15H2,1H3. The summed E-state index contributed by atoms with van der Waals surface area (Å²) in [5.41, 5.74) is 3.27. The first-order valence-electron chi connectivity index (χ1n) is 10.7. The molecule has 2 aliphatic heterocycles. The maximum absolute atomic E-state index is 13.2. The molecule has 0 radical (unpaired) electrons. The van der Waals surface area contributed by atoms with Crippen LogP contribution in [0.5, 0.6) is 0 Å². The van der Waals surface area contributed by atoms with Crippen LogP contribution in [0, 0.1) is 0 Å². The predicted octanol–water partition coefficient (Wildman–Crippen LogP) is 2.88. The Hall–Kier alpha value is -3.00. The van der Waals surface area contributed by atoms with Gasteiger partial charge in [0.1, 0.15) is 10.3 Å². The Morgan fingerprint density at radius 1 is 1.06 bits per heavy atom. The van der Waals surface area contributed by atoms with Gasteiger partial charge in [0.15, 0.2) is 5.13 Å².